The summed E-state index contributed by atoms with van der Waals surface area (Å²) >= 11 is 0. The van der Waals surface area contributed by atoms with Gasteiger partial charge in [-0.1, -0.05) is 38.1 Å². The number of tetrazole rings is 1. The van der Waals surface area contributed by atoms with Gasteiger partial charge in [-0.15, -0.1) is 10.2 Å². The Kier molecular flexibility index (Phi) is 5.69. The van der Waals surface area contributed by atoms with Gasteiger partial charge in [0.05, 0.1) is 6.54 Å². The molecule has 8 nitrogen and oxygen atoms in total. The standard InChI is InChI=1S/C21H24N8/c1-3-5-19-23-20(6-4-2)29(26-19)14-15-7-9-16(10-8-15)18-13-22-12-11-17(18)21-24-27-28-25-21/h7-13H,3-6,14H2,1-2H3,(H,24,25,27,28). The second kappa shape index (κ2) is 8.72. The molecule has 0 amide bonds. The minimum Gasteiger partial charge on any atom is -0.264 e. The predicted molar refractivity (Wildman–Crippen MR) is 110 cm³/mol. The van der Waals surface area contributed by atoms with Crippen molar-refractivity contribution in [2.24, 2.45) is 0 Å². The first-order valence-corrected chi connectivity index (χ1v) is 9.98. The first kappa shape index (κ1) is 18.9. The Morgan fingerprint density at radius 2 is 1.79 bits per heavy atom. The van der Waals surface area contributed by atoms with Gasteiger partial charge in [0.1, 0.15) is 5.82 Å². The summed E-state index contributed by atoms with van der Waals surface area (Å²) < 4.78 is 2.04. The van der Waals surface area contributed by atoms with Crippen LogP contribution in [0.2, 0.25) is 0 Å². The van der Waals surface area contributed by atoms with Crippen molar-refractivity contribution in [3.8, 4) is 22.5 Å². The molecule has 0 aliphatic carbocycles. The van der Waals surface area contributed by atoms with Gasteiger partial charge in [-0.3, -0.25) is 4.98 Å². The smallest absolute Gasteiger partial charge is 0.205 e. The second-order valence-electron chi connectivity index (χ2n) is 6.96. The zero-order valence-corrected chi connectivity index (χ0v) is 16.7. The Labute approximate surface area is 169 Å². The van der Waals surface area contributed by atoms with Crippen LogP contribution >= 0.6 is 0 Å². The van der Waals surface area contributed by atoms with E-state index in [1.54, 1.807) is 6.20 Å². The molecule has 29 heavy (non-hydrogen) atoms. The number of nitrogens with one attached hydrogen (secondary N) is 1. The summed E-state index contributed by atoms with van der Waals surface area (Å²) in [5.74, 6) is 2.56. The van der Waals surface area contributed by atoms with Gasteiger partial charge in [0.25, 0.3) is 0 Å². The van der Waals surface area contributed by atoms with E-state index in [9.17, 15) is 0 Å². The Hall–Kier alpha value is -3.42. The van der Waals surface area contributed by atoms with Gasteiger partial charge in [-0.05, 0) is 35.2 Å². The van der Waals surface area contributed by atoms with E-state index in [1.165, 1.54) is 5.56 Å². The van der Waals surface area contributed by atoms with Crippen molar-refractivity contribution in [1.82, 2.24) is 40.4 Å². The van der Waals surface area contributed by atoms with Crippen LogP contribution in [-0.4, -0.2) is 40.4 Å². The molecule has 0 spiro atoms. The number of hydrogen-bond donors (Lipinski definition) is 1. The molecule has 0 bridgehead atoms. The van der Waals surface area contributed by atoms with Crippen LogP contribution in [0.4, 0.5) is 0 Å². The Morgan fingerprint density at radius 1 is 0.966 bits per heavy atom. The van der Waals surface area contributed by atoms with E-state index in [-0.39, 0.29) is 0 Å². The average Bonchev–Trinajstić information content (AvgIpc) is 3.40. The maximum absolute atomic E-state index is 4.71. The molecule has 0 saturated heterocycles. The lowest BCUT2D eigenvalue weighted by molar-refractivity contribution is 0.623. The number of nitrogens with zero attached hydrogens (tertiary/aromatic N) is 7. The highest BCUT2D eigenvalue weighted by Crippen LogP contribution is 2.29. The van der Waals surface area contributed by atoms with Gasteiger partial charge < -0.3 is 0 Å². The third kappa shape index (κ3) is 4.21. The molecule has 4 aromatic rings. The lowest BCUT2D eigenvalue weighted by Crippen LogP contribution is -2.07. The lowest BCUT2D eigenvalue weighted by Gasteiger charge is -2.09. The molecular formula is C21H24N8. The zero-order chi connectivity index (χ0) is 20.1. The number of benzene rings is 1. The number of aromatic nitrogens is 8. The van der Waals surface area contributed by atoms with Crippen molar-refractivity contribution in [3.63, 3.8) is 0 Å². The van der Waals surface area contributed by atoms with Crippen molar-refractivity contribution in [3.05, 3.63) is 59.9 Å². The molecule has 0 aliphatic heterocycles. The van der Waals surface area contributed by atoms with Crippen LogP contribution < -0.4 is 0 Å². The van der Waals surface area contributed by atoms with Gasteiger partial charge in [0, 0.05) is 36.4 Å². The number of H-pyrrole nitrogens is 1. The first-order valence-electron chi connectivity index (χ1n) is 9.98. The highest BCUT2D eigenvalue weighted by molar-refractivity contribution is 5.79. The molecule has 0 atom stereocenters. The molecule has 3 aromatic heterocycles. The number of rotatable bonds is 8. The Bertz CT molecular complexity index is 1050. The number of aryl methyl sites for hydroxylation is 2. The van der Waals surface area contributed by atoms with Crippen LogP contribution in [0.3, 0.4) is 0 Å². The van der Waals surface area contributed by atoms with Gasteiger partial charge in [0.2, 0.25) is 5.82 Å². The summed E-state index contributed by atoms with van der Waals surface area (Å²) in [6.45, 7) is 5.04. The third-order valence-electron chi connectivity index (χ3n) is 4.74. The molecule has 1 aromatic carbocycles. The van der Waals surface area contributed by atoms with Crippen molar-refractivity contribution in [2.45, 2.75) is 46.1 Å². The molecule has 0 radical (unpaired) electrons. The van der Waals surface area contributed by atoms with Crippen molar-refractivity contribution >= 4 is 0 Å². The topological polar surface area (TPSA) is 98.1 Å². The lowest BCUT2D eigenvalue weighted by atomic mass is 10.0. The monoisotopic (exact) mass is 388 g/mol. The van der Waals surface area contributed by atoms with E-state index >= 15 is 0 Å². The van der Waals surface area contributed by atoms with E-state index in [4.69, 9.17) is 10.1 Å². The fourth-order valence-corrected chi connectivity index (χ4v) is 3.35. The number of aromatic amines is 1. The molecule has 8 heteroatoms. The van der Waals surface area contributed by atoms with E-state index in [0.29, 0.717) is 5.82 Å². The molecule has 1 N–H and O–H groups in total. The molecule has 4 rings (SSSR count). The Balaban J connectivity index is 1.59. The minimum absolute atomic E-state index is 0.557. The molecule has 0 saturated carbocycles. The fraction of sp³-hybridized carbons (Fsp3) is 0.333. The predicted octanol–water partition coefficient (Wildman–Crippen LogP) is 3.47. The highest BCUT2D eigenvalue weighted by Gasteiger charge is 2.12. The van der Waals surface area contributed by atoms with E-state index in [2.05, 4.69) is 63.7 Å². The average molecular weight is 388 g/mol. The van der Waals surface area contributed by atoms with Gasteiger partial charge in [-0.25, -0.2) is 9.67 Å². The number of pyridine rings is 1. The summed E-state index contributed by atoms with van der Waals surface area (Å²) in [4.78, 5) is 8.98. The SMILES string of the molecule is CCCc1nc(CCC)n(Cc2ccc(-c3cnccc3-c3nn[nH]n3)cc2)n1. The summed E-state index contributed by atoms with van der Waals surface area (Å²) in [7, 11) is 0. The minimum atomic E-state index is 0.557. The van der Waals surface area contributed by atoms with Crippen LogP contribution in [0.15, 0.2) is 42.7 Å². The van der Waals surface area contributed by atoms with Crippen LogP contribution in [0.5, 0.6) is 0 Å². The maximum atomic E-state index is 4.71. The summed E-state index contributed by atoms with van der Waals surface area (Å²) in [6.07, 6.45) is 7.54. The van der Waals surface area contributed by atoms with E-state index < -0.39 is 0 Å². The van der Waals surface area contributed by atoms with Crippen LogP contribution in [-0.2, 0) is 19.4 Å². The van der Waals surface area contributed by atoms with Crippen LogP contribution in [0.1, 0.15) is 43.9 Å². The normalized spacial score (nSPS) is 11.1. The van der Waals surface area contributed by atoms with Gasteiger partial charge in [0.15, 0.2) is 5.82 Å². The molecular weight excluding hydrogens is 364 g/mol. The second-order valence-corrected chi connectivity index (χ2v) is 6.96. The van der Waals surface area contributed by atoms with Crippen LogP contribution in [0.25, 0.3) is 22.5 Å². The van der Waals surface area contributed by atoms with Gasteiger partial charge >= 0.3 is 0 Å². The fourth-order valence-electron chi connectivity index (χ4n) is 3.35. The molecule has 3 heterocycles. The zero-order valence-electron chi connectivity index (χ0n) is 16.7. The maximum Gasteiger partial charge on any atom is 0.205 e. The molecule has 148 valence electrons. The quantitative estimate of drug-likeness (QED) is 0.496. The van der Waals surface area contributed by atoms with Crippen molar-refractivity contribution < 1.29 is 0 Å². The van der Waals surface area contributed by atoms with E-state index in [0.717, 1.165) is 60.6 Å². The Morgan fingerprint density at radius 3 is 2.52 bits per heavy atom. The third-order valence-corrected chi connectivity index (χ3v) is 4.74. The van der Waals surface area contributed by atoms with Crippen molar-refractivity contribution in [1.29, 1.82) is 0 Å². The van der Waals surface area contributed by atoms with Crippen molar-refractivity contribution in [2.75, 3.05) is 0 Å². The highest BCUT2D eigenvalue weighted by atomic mass is 15.5. The molecule has 0 unspecified atom stereocenters. The van der Waals surface area contributed by atoms with Gasteiger partial charge in [-0.2, -0.15) is 10.3 Å². The van der Waals surface area contributed by atoms with E-state index in [1.807, 2.05) is 16.9 Å². The first-order chi connectivity index (χ1) is 14.3. The largest absolute Gasteiger partial charge is 0.264 e. The molecule has 0 fully saturated rings. The molecule has 0 aliphatic rings. The summed E-state index contributed by atoms with van der Waals surface area (Å²) in [6, 6.07) is 10.3. The van der Waals surface area contributed by atoms with Crippen LogP contribution in [0, 0.1) is 0 Å². The summed E-state index contributed by atoms with van der Waals surface area (Å²) in [5, 5.41) is 19.1. The summed E-state index contributed by atoms with van der Waals surface area (Å²) in [5.41, 5.74) is 4.11. The number of hydrogen-bond acceptors (Lipinski definition) is 6.